The van der Waals surface area contributed by atoms with Gasteiger partial charge in [-0.3, -0.25) is 0 Å². The summed E-state index contributed by atoms with van der Waals surface area (Å²) in [4.78, 5) is 0. The van der Waals surface area contributed by atoms with Crippen molar-refractivity contribution in [1.82, 2.24) is 0 Å². The van der Waals surface area contributed by atoms with Crippen LogP contribution in [-0.2, 0) is 0 Å². The van der Waals surface area contributed by atoms with Gasteiger partial charge in [0.05, 0.1) is 0 Å². The average Bonchev–Trinajstić information content (AvgIpc) is 3.46. The van der Waals surface area contributed by atoms with Crippen LogP contribution >= 0.6 is 0 Å². The maximum Gasteiger partial charge on any atom is 0 e. The molecule has 0 aromatic carbocycles. The van der Waals surface area contributed by atoms with Crippen molar-refractivity contribution in [1.29, 1.82) is 0 Å². The van der Waals surface area contributed by atoms with Gasteiger partial charge in [0.1, 0.15) is 0 Å². The van der Waals surface area contributed by atoms with Gasteiger partial charge in [-0.1, -0.05) is 11.5 Å². The van der Waals surface area contributed by atoms with Crippen LogP contribution in [0.4, 0.5) is 0 Å². The first-order valence-electron chi connectivity index (χ1n) is 19.7. The van der Waals surface area contributed by atoms with Crippen molar-refractivity contribution in [3.8, 4) is 0 Å². The van der Waals surface area contributed by atoms with Gasteiger partial charge in [0, 0.05) is 338 Å². The molecule has 79 heavy (non-hydrogen) atoms. The molecule has 0 amide bonds. The lowest BCUT2D eigenvalue weighted by atomic mass is 10.6. The Bertz CT molecular complexity index is 5640. The first-order valence-corrected chi connectivity index (χ1v) is 19.7. The highest BCUT2D eigenvalue weighted by Crippen LogP contribution is 1.64. The molecule has 0 aliphatic heterocycles. The first kappa shape index (κ1) is 61.8. The Kier molecular flexibility index (Phi) is 47.6. The third kappa shape index (κ3) is 60.8. The zero-order valence-electron chi connectivity index (χ0n) is 39.9. The lowest BCUT2D eigenvalue weighted by Crippen LogP contribution is -1.26. The van der Waals surface area contributed by atoms with E-state index in [9.17, 15) is 0 Å². The van der Waals surface area contributed by atoms with E-state index in [0.29, 0.717) is 0 Å². The molecule has 0 N–H and O–H groups in total. The second-order valence-electron chi connectivity index (χ2n) is 9.73. The molecule has 0 atom stereocenters. The zero-order valence-corrected chi connectivity index (χ0v) is 39.9. The topological polar surface area (TPSA) is 0 Å². The Balaban J connectivity index is 6.15. The van der Waals surface area contributed by atoms with E-state index >= 15 is 0 Å². The van der Waals surface area contributed by atoms with Crippen molar-refractivity contribution in [2.75, 3.05) is 0 Å². The van der Waals surface area contributed by atoms with Gasteiger partial charge in [0.2, 0.25) is 0 Å². The quantitative estimate of drug-likeness (QED) is 0.212. The number of rotatable bonds is 0. The Labute approximate surface area is 451 Å². The summed E-state index contributed by atoms with van der Waals surface area (Å²) in [6.07, 6.45) is 0. The SMILES string of the molecule is C=C=C=C=C=C=C=C=C=C=C=C=C=C=C=C=C=C=C=C=C=C=C=C=C=C=C=C=C=C=C=C=C=C=C=C=C=C=C=C=C=C=C=C=C=C=C=C=C=C=C=C=C=C=C=C=C=C=C=C=C=C=C=C=C=C=C=C=C=C=C=C=C=C=C=C=C=C=C. The number of hydrogen-bond donors (Lipinski definition) is 0. The molecule has 0 heterocycles. The molecule has 320 valence electrons. The van der Waals surface area contributed by atoms with Crippen LogP contribution in [-0.4, -0.2) is 0 Å². The predicted molar refractivity (Wildman–Crippen MR) is 282 cm³/mol. The van der Waals surface area contributed by atoms with Crippen molar-refractivity contribution in [3.63, 3.8) is 0 Å². The zero-order chi connectivity index (χ0) is 56.4. The average molecular weight is 953 g/mol. The van der Waals surface area contributed by atoms with E-state index in [-0.39, 0.29) is 0 Å². The smallest absolute Gasteiger partial charge is 0 e. The van der Waals surface area contributed by atoms with Gasteiger partial charge in [-0.05, 0) is 105 Å². The number of hydrogen-bond acceptors (Lipinski definition) is 0. The molecule has 0 aliphatic carbocycles. The van der Waals surface area contributed by atoms with Crippen LogP contribution < -0.4 is 0 Å². The molecule has 0 bridgehead atoms. The normalized spacial score (nSPS) is 3.95. The highest BCUT2D eigenvalue weighted by atomic mass is 13.5. The van der Waals surface area contributed by atoms with Crippen LogP contribution in [0.1, 0.15) is 0 Å². The molecule has 0 fully saturated rings. The van der Waals surface area contributed by atoms with Crippen molar-refractivity contribution < 1.29 is 0 Å². The third-order valence-electron chi connectivity index (χ3n) is 4.80. The molecule has 0 heteroatoms. The molecule has 0 spiro atoms. The van der Waals surface area contributed by atoms with Crippen LogP contribution in [0, 0.1) is 0 Å². The Hall–Kier alpha value is -17.2. The Morgan fingerprint density at radius 3 is 0.139 bits per heavy atom. The largest absolute Gasteiger partial charge is 0.0687 e. The van der Waals surface area contributed by atoms with E-state index in [1.165, 1.54) is 0 Å². The summed E-state index contributed by atoms with van der Waals surface area (Å²) in [5.74, 6) is 0. The molecule has 0 aromatic rings. The third-order valence-corrected chi connectivity index (χ3v) is 4.80. The van der Waals surface area contributed by atoms with Crippen LogP contribution in [0.2, 0.25) is 0 Å². The molecule has 0 unspecified atom stereocenters. The van der Waals surface area contributed by atoms with Crippen LogP contribution in [0.5, 0.6) is 0 Å². The van der Waals surface area contributed by atoms with Gasteiger partial charge in [-0.2, -0.15) is 0 Å². The van der Waals surface area contributed by atoms with Gasteiger partial charge in [0.15, 0.2) is 0 Å². The fourth-order valence-corrected chi connectivity index (χ4v) is 2.37. The predicted octanol–water partition coefficient (Wildman–Crippen LogP) is 12.7. The highest BCUT2D eigenvalue weighted by Gasteiger charge is 1.48. The summed E-state index contributed by atoms with van der Waals surface area (Å²) in [7, 11) is 0. The molecule has 0 rings (SSSR count). The molecular weight excluding hydrogens is 949 g/mol. The molecule has 0 aliphatic rings. The molecule has 0 saturated carbocycles. The Morgan fingerprint density at radius 1 is 0.0633 bits per heavy atom. The van der Waals surface area contributed by atoms with Crippen LogP contribution in [0.3, 0.4) is 0 Å². The van der Waals surface area contributed by atoms with Crippen molar-refractivity contribution >= 4 is 0 Å². The standard InChI is InChI=1S/C79H4/c1-3-5-7-9-11-13-15-17-19-21-23-25-27-29-31-33-35-37-39-41-43-45-47-49-51-53-55-57-59-61-63-65-67-69-71-73-75-77-79-78-76-74-72-70-68-66-64-62-60-58-56-54-52-50-48-46-44-42-40-38-36-34-32-30-28-26-24-22-20-18-16-14-12-10-8-6-4-2/h1-2H2. The minimum atomic E-state index is 2.37. The lowest BCUT2D eigenvalue weighted by molar-refractivity contribution is 2.10. The fourth-order valence-electron chi connectivity index (χ4n) is 2.37. The van der Waals surface area contributed by atoms with Gasteiger partial charge in [0.25, 0.3) is 0 Å². The van der Waals surface area contributed by atoms with E-state index < -0.39 is 0 Å². The summed E-state index contributed by atoms with van der Waals surface area (Å²) in [6, 6.07) is 0. The fraction of sp³-hybridized carbons (Fsp3) is 0. The van der Waals surface area contributed by atoms with Gasteiger partial charge in [-0.25, -0.2) is 0 Å². The van der Waals surface area contributed by atoms with Gasteiger partial charge < -0.3 is 0 Å². The lowest BCUT2D eigenvalue weighted by Gasteiger charge is -1.41. The van der Waals surface area contributed by atoms with Crippen molar-refractivity contribution in [2.24, 2.45) is 0 Å². The molecular formula is C79H4. The van der Waals surface area contributed by atoms with Crippen LogP contribution in [0.25, 0.3) is 0 Å². The van der Waals surface area contributed by atoms with Crippen molar-refractivity contribution in [2.45, 2.75) is 0 Å². The maximum absolute atomic E-state index is 3.32. The maximum atomic E-state index is 3.32. The van der Waals surface area contributed by atoms with E-state index in [0.717, 1.165) is 0 Å². The monoisotopic (exact) mass is 952 g/mol. The second-order valence-corrected chi connectivity index (χ2v) is 9.73. The summed E-state index contributed by atoms with van der Waals surface area (Å²) >= 11 is 0. The van der Waals surface area contributed by atoms with Gasteiger partial charge >= 0.3 is 0 Å². The van der Waals surface area contributed by atoms with E-state index in [1.807, 2.05) is 0 Å². The summed E-state index contributed by atoms with van der Waals surface area (Å²) < 4.78 is 0. The molecule has 0 saturated heterocycles. The summed E-state index contributed by atoms with van der Waals surface area (Å²) in [5, 5.41) is 0. The van der Waals surface area contributed by atoms with E-state index in [4.69, 9.17) is 0 Å². The van der Waals surface area contributed by atoms with E-state index in [1.54, 1.807) is 0 Å². The first-order chi connectivity index (χ1) is 39.4. The Morgan fingerprint density at radius 2 is 0.101 bits per heavy atom. The summed E-state index contributed by atoms with van der Waals surface area (Å²) in [6.45, 7) is 6.63. The molecule has 0 nitrogen and oxygen atoms in total. The minimum absolute atomic E-state index is 2.37. The van der Waals surface area contributed by atoms with E-state index in [2.05, 4.69) is 454 Å². The van der Waals surface area contributed by atoms with Crippen molar-refractivity contribution in [3.05, 3.63) is 454 Å². The summed E-state index contributed by atoms with van der Waals surface area (Å²) in [5.41, 5.74) is 192. The minimum Gasteiger partial charge on any atom is -0.0687 e. The molecule has 0 aromatic heterocycles. The highest BCUT2D eigenvalue weighted by molar-refractivity contribution is 5.00. The second kappa shape index (κ2) is 60.8. The van der Waals surface area contributed by atoms with Gasteiger partial charge in [-0.15, -0.1) is 0 Å². The molecule has 0 radical (unpaired) electrons. The van der Waals surface area contributed by atoms with Crippen LogP contribution in [0.15, 0.2) is 454 Å².